The van der Waals surface area contributed by atoms with Gasteiger partial charge >= 0.3 is 12.1 Å². The van der Waals surface area contributed by atoms with Crippen LogP contribution in [-0.4, -0.2) is 31.2 Å². The van der Waals surface area contributed by atoms with Gasteiger partial charge in [-0.05, 0) is 23.8 Å². The molecule has 122 valence electrons. The van der Waals surface area contributed by atoms with Crippen molar-refractivity contribution in [1.82, 2.24) is 5.32 Å². The van der Waals surface area contributed by atoms with Crippen molar-refractivity contribution in [3.8, 4) is 0 Å². The molecule has 0 aliphatic carbocycles. The number of ether oxygens (including phenoxy) is 1. The molecule has 0 saturated carbocycles. The van der Waals surface area contributed by atoms with Crippen LogP contribution in [0.15, 0.2) is 18.2 Å². The number of alkyl halides is 3. The number of primary amides is 1. The molecule has 10 heteroatoms. The van der Waals surface area contributed by atoms with E-state index in [0.717, 1.165) is 0 Å². The fourth-order valence-corrected chi connectivity index (χ4v) is 2.07. The summed E-state index contributed by atoms with van der Waals surface area (Å²) in [4.78, 5) is 22.4. The predicted molar refractivity (Wildman–Crippen MR) is 73.4 cm³/mol. The maximum Gasteiger partial charge on any atom is 0.401 e. The number of benzene rings is 1. The zero-order chi connectivity index (χ0) is 16.9. The number of hydrogen-bond acceptors (Lipinski definition) is 4. The van der Waals surface area contributed by atoms with Crippen molar-refractivity contribution in [3.05, 3.63) is 33.8 Å². The number of halogens is 5. The van der Waals surface area contributed by atoms with Crippen molar-refractivity contribution in [3.63, 3.8) is 0 Å². The summed E-state index contributed by atoms with van der Waals surface area (Å²) in [6.07, 6.45) is -4.55. The van der Waals surface area contributed by atoms with Gasteiger partial charge in [-0.3, -0.25) is 10.1 Å². The van der Waals surface area contributed by atoms with E-state index < -0.39 is 37.2 Å². The van der Waals surface area contributed by atoms with Gasteiger partial charge in [0.25, 0.3) is 5.91 Å². The Morgan fingerprint density at radius 2 is 1.77 bits per heavy atom. The van der Waals surface area contributed by atoms with E-state index in [1.54, 1.807) is 0 Å². The maximum atomic E-state index is 12.3. The first-order valence-electron chi connectivity index (χ1n) is 5.79. The van der Waals surface area contributed by atoms with E-state index in [9.17, 15) is 22.8 Å². The molecule has 1 rings (SSSR count). The molecule has 0 aliphatic heterocycles. The Morgan fingerprint density at radius 3 is 2.23 bits per heavy atom. The molecule has 22 heavy (non-hydrogen) atoms. The molecule has 0 aromatic heterocycles. The summed E-state index contributed by atoms with van der Waals surface area (Å²) >= 11 is 11.5. The van der Waals surface area contributed by atoms with Gasteiger partial charge in [-0.15, -0.1) is 0 Å². The molecule has 0 spiro atoms. The smallest absolute Gasteiger partial charge is 0.401 e. The molecule has 0 heterocycles. The molecule has 1 unspecified atom stereocenters. The molecule has 5 nitrogen and oxygen atoms in total. The fraction of sp³-hybridized carbons (Fsp3) is 0.333. The van der Waals surface area contributed by atoms with E-state index in [1.165, 1.54) is 18.2 Å². The van der Waals surface area contributed by atoms with Crippen LogP contribution in [0.25, 0.3) is 0 Å². The second kappa shape index (κ2) is 7.66. The largest absolute Gasteiger partial charge is 0.454 e. The molecule has 0 fully saturated rings. The van der Waals surface area contributed by atoms with Crippen molar-refractivity contribution in [2.24, 2.45) is 5.73 Å². The Morgan fingerprint density at radius 1 is 1.23 bits per heavy atom. The van der Waals surface area contributed by atoms with Gasteiger partial charge in [-0.2, -0.15) is 13.2 Å². The molecule has 0 aliphatic rings. The average Bonchev–Trinajstić information content (AvgIpc) is 2.34. The number of amides is 1. The van der Waals surface area contributed by atoms with E-state index in [4.69, 9.17) is 28.9 Å². The number of nitrogens with one attached hydrogen (secondary N) is 1. The summed E-state index contributed by atoms with van der Waals surface area (Å²) in [5, 5.41) is 2.24. The number of hydrogen-bond donors (Lipinski definition) is 2. The van der Waals surface area contributed by atoms with Crippen LogP contribution in [0.1, 0.15) is 11.6 Å². The Kier molecular flexibility index (Phi) is 6.46. The minimum Gasteiger partial charge on any atom is -0.454 e. The van der Waals surface area contributed by atoms with Gasteiger partial charge in [-0.25, -0.2) is 4.79 Å². The fourth-order valence-electron chi connectivity index (χ4n) is 1.52. The number of rotatable bonds is 6. The normalized spacial score (nSPS) is 12.8. The molecule has 1 atom stereocenters. The van der Waals surface area contributed by atoms with Crippen molar-refractivity contribution >= 4 is 35.1 Å². The van der Waals surface area contributed by atoms with Crippen LogP contribution >= 0.6 is 23.2 Å². The predicted octanol–water partition coefficient (Wildman–Crippen LogP) is 2.21. The number of esters is 1. The highest BCUT2D eigenvalue weighted by Gasteiger charge is 2.31. The standard InChI is InChI=1S/C12H11Cl2F3N2O3/c13-7-1-6(2-8(14)3-7)10(19-5-12(15,16)17)11(21)22-4-9(18)20/h1-3,10,19H,4-5H2,(H2,18,20). The Labute approximate surface area is 133 Å². The third-order valence-corrected chi connectivity index (χ3v) is 2.75. The summed E-state index contributed by atoms with van der Waals surface area (Å²) in [6, 6.07) is 2.36. The van der Waals surface area contributed by atoms with Crippen LogP contribution in [0.4, 0.5) is 13.2 Å². The van der Waals surface area contributed by atoms with E-state index in [2.05, 4.69) is 4.74 Å². The number of carbonyl (C=O) groups excluding carboxylic acids is 2. The van der Waals surface area contributed by atoms with E-state index in [1.807, 2.05) is 5.32 Å². The van der Waals surface area contributed by atoms with Gasteiger partial charge in [0.1, 0.15) is 6.04 Å². The molecular weight excluding hydrogens is 348 g/mol. The Balaban J connectivity index is 2.99. The molecule has 0 bridgehead atoms. The van der Waals surface area contributed by atoms with Gasteiger partial charge in [0.2, 0.25) is 0 Å². The second-order valence-electron chi connectivity index (χ2n) is 4.21. The third kappa shape index (κ3) is 6.50. The molecule has 0 radical (unpaired) electrons. The second-order valence-corrected chi connectivity index (χ2v) is 5.08. The van der Waals surface area contributed by atoms with Crippen LogP contribution in [0, 0.1) is 0 Å². The first-order chi connectivity index (χ1) is 10.1. The first kappa shape index (κ1) is 18.5. The van der Waals surface area contributed by atoms with Crippen LogP contribution in [0.2, 0.25) is 10.0 Å². The van der Waals surface area contributed by atoms with Crippen molar-refractivity contribution < 1.29 is 27.5 Å². The van der Waals surface area contributed by atoms with Crippen LogP contribution in [0.3, 0.4) is 0 Å². The van der Waals surface area contributed by atoms with Crippen molar-refractivity contribution in [2.75, 3.05) is 13.2 Å². The van der Waals surface area contributed by atoms with Gasteiger partial charge in [-0.1, -0.05) is 23.2 Å². The van der Waals surface area contributed by atoms with Crippen LogP contribution in [0.5, 0.6) is 0 Å². The Bertz CT molecular complexity index is 547. The lowest BCUT2D eigenvalue weighted by Crippen LogP contribution is -2.37. The third-order valence-electron chi connectivity index (χ3n) is 2.32. The van der Waals surface area contributed by atoms with E-state index >= 15 is 0 Å². The molecule has 1 aromatic rings. The quantitative estimate of drug-likeness (QED) is 0.764. The van der Waals surface area contributed by atoms with Crippen LogP contribution in [-0.2, 0) is 14.3 Å². The number of carbonyl (C=O) groups is 2. The molecule has 3 N–H and O–H groups in total. The zero-order valence-corrected chi connectivity index (χ0v) is 12.4. The minimum absolute atomic E-state index is 0.0659. The monoisotopic (exact) mass is 358 g/mol. The van der Waals surface area contributed by atoms with Crippen molar-refractivity contribution in [1.29, 1.82) is 0 Å². The van der Waals surface area contributed by atoms with Gasteiger partial charge in [0.05, 0.1) is 6.54 Å². The summed E-state index contributed by atoms with van der Waals surface area (Å²) in [7, 11) is 0. The first-order valence-corrected chi connectivity index (χ1v) is 6.55. The summed E-state index contributed by atoms with van der Waals surface area (Å²) in [6.45, 7) is -2.20. The lowest BCUT2D eigenvalue weighted by molar-refractivity contribution is -0.152. The highest BCUT2D eigenvalue weighted by atomic mass is 35.5. The van der Waals surface area contributed by atoms with Gasteiger partial charge < -0.3 is 10.5 Å². The molecule has 1 aromatic carbocycles. The minimum atomic E-state index is -4.55. The lowest BCUT2D eigenvalue weighted by Gasteiger charge is -2.19. The number of nitrogens with two attached hydrogens (primary N) is 1. The van der Waals surface area contributed by atoms with E-state index in [0.29, 0.717) is 0 Å². The molecule has 0 saturated heterocycles. The summed E-state index contributed by atoms with van der Waals surface area (Å²) in [5.74, 6) is -2.05. The van der Waals surface area contributed by atoms with Crippen molar-refractivity contribution in [2.45, 2.75) is 12.2 Å². The molecule has 1 amide bonds. The van der Waals surface area contributed by atoms with Gasteiger partial charge in [0.15, 0.2) is 6.61 Å². The topological polar surface area (TPSA) is 81.4 Å². The summed E-state index contributed by atoms with van der Waals surface area (Å²) in [5.41, 5.74) is 4.88. The van der Waals surface area contributed by atoms with E-state index in [-0.39, 0.29) is 15.6 Å². The molecular formula is C12H11Cl2F3N2O3. The van der Waals surface area contributed by atoms with Crippen LogP contribution < -0.4 is 11.1 Å². The SMILES string of the molecule is NC(=O)COC(=O)C(NCC(F)(F)F)c1cc(Cl)cc(Cl)c1. The lowest BCUT2D eigenvalue weighted by atomic mass is 10.1. The highest BCUT2D eigenvalue weighted by Crippen LogP contribution is 2.25. The Hall–Kier alpha value is -1.51. The average molecular weight is 359 g/mol. The highest BCUT2D eigenvalue weighted by molar-refractivity contribution is 6.34. The maximum absolute atomic E-state index is 12.3. The zero-order valence-electron chi connectivity index (χ0n) is 10.9. The summed E-state index contributed by atoms with van der Waals surface area (Å²) < 4.78 is 41.5. The van der Waals surface area contributed by atoms with Gasteiger partial charge in [0, 0.05) is 10.0 Å².